The molecule has 2 rings (SSSR count). The van der Waals surface area contributed by atoms with Gasteiger partial charge in [-0.3, -0.25) is 4.79 Å². The molecule has 0 aliphatic carbocycles. The van der Waals surface area contributed by atoms with Gasteiger partial charge < -0.3 is 10.5 Å². The predicted molar refractivity (Wildman–Crippen MR) is 75.2 cm³/mol. The highest BCUT2D eigenvalue weighted by atomic mass is 16.5. The second-order valence-electron chi connectivity index (χ2n) is 4.33. The lowest BCUT2D eigenvalue weighted by atomic mass is 10.1. The first-order valence-electron chi connectivity index (χ1n) is 6.16. The lowest BCUT2D eigenvalue weighted by Crippen LogP contribution is -2.11. The fourth-order valence-electron chi connectivity index (χ4n) is 1.68. The summed E-state index contributed by atoms with van der Waals surface area (Å²) in [6, 6.07) is 14.7. The molecule has 0 aliphatic heterocycles. The molecule has 21 heavy (non-hydrogen) atoms. The summed E-state index contributed by atoms with van der Waals surface area (Å²) in [5, 5.41) is 8.68. The van der Waals surface area contributed by atoms with Crippen molar-refractivity contribution in [2.75, 3.05) is 0 Å². The van der Waals surface area contributed by atoms with Crippen molar-refractivity contribution in [3.05, 3.63) is 70.8 Å². The van der Waals surface area contributed by atoms with Gasteiger partial charge in [0.05, 0.1) is 17.2 Å². The molecule has 0 aliphatic rings. The molecule has 0 unspecified atom stereocenters. The van der Waals surface area contributed by atoms with Gasteiger partial charge in [-0.15, -0.1) is 0 Å². The number of nitrogens with two attached hydrogens (primary N) is 1. The quantitative estimate of drug-likeness (QED) is 0.867. The van der Waals surface area contributed by atoms with Crippen LogP contribution in [0.5, 0.6) is 0 Å². The highest BCUT2D eigenvalue weighted by Gasteiger charge is 2.07. The number of benzene rings is 2. The molecule has 0 aromatic heterocycles. The fourth-order valence-corrected chi connectivity index (χ4v) is 1.68. The van der Waals surface area contributed by atoms with Crippen molar-refractivity contribution in [1.29, 1.82) is 5.26 Å². The van der Waals surface area contributed by atoms with Crippen molar-refractivity contribution in [1.82, 2.24) is 0 Å². The Labute approximate surface area is 121 Å². The molecule has 0 spiro atoms. The van der Waals surface area contributed by atoms with E-state index in [1.807, 2.05) is 6.07 Å². The summed E-state index contributed by atoms with van der Waals surface area (Å²) in [6.45, 7) is 0.0951. The van der Waals surface area contributed by atoms with E-state index in [0.29, 0.717) is 16.7 Å². The molecule has 1 amide bonds. The summed E-state index contributed by atoms with van der Waals surface area (Å²) in [5.74, 6) is -0.977. The van der Waals surface area contributed by atoms with Gasteiger partial charge in [0.15, 0.2) is 0 Å². The zero-order chi connectivity index (χ0) is 15.2. The van der Waals surface area contributed by atoms with E-state index in [2.05, 4.69) is 0 Å². The van der Waals surface area contributed by atoms with E-state index in [1.165, 1.54) is 12.1 Å². The smallest absolute Gasteiger partial charge is 0.338 e. The van der Waals surface area contributed by atoms with Crippen LogP contribution in [0.4, 0.5) is 0 Å². The lowest BCUT2D eigenvalue weighted by Gasteiger charge is -2.05. The second kappa shape index (κ2) is 6.35. The number of nitriles is 1. The van der Waals surface area contributed by atoms with Gasteiger partial charge in [0, 0.05) is 5.56 Å². The standard InChI is InChI=1S/C16H12N2O3/c17-9-11-1-7-14(8-2-11)16(20)21-10-12-3-5-13(6-4-12)15(18)19/h1-8H,10H2,(H2,18,19). The van der Waals surface area contributed by atoms with Crippen LogP contribution in [0, 0.1) is 11.3 Å². The number of hydrogen-bond acceptors (Lipinski definition) is 4. The van der Waals surface area contributed by atoms with E-state index in [1.54, 1.807) is 36.4 Å². The van der Waals surface area contributed by atoms with Crippen LogP contribution >= 0.6 is 0 Å². The summed E-state index contributed by atoms with van der Waals surface area (Å²) in [4.78, 5) is 22.7. The number of primary amides is 1. The average molecular weight is 280 g/mol. The Balaban J connectivity index is 1.97. The van der Waals surface area contributed by atoms with Gasteiger partial charge in [-0.2, -0.15) is 5.26 Å². The summed E-state index contributed by atoms with van der Waals surface area (Å²) in [6.07, 6.45) is 0. The van der Waals surface area contributed by atoms with Crippen LogP contribution < -0.4 is 5.73 Å². The van der Waals surface area contributed by atoms with E-state index in [-0.39, 0.29) is 6.61 Å². The summed E-state index contributed by atoms with van der Waals surface area (Å²) >= 11 is 0. The van der Waals surface area contributed by atoms with Crippen LogP contribution in [0.1, 0.15) is 31.8 Å². The summed E-state index contributed by atoms with van der Waals surface area (Å²) < 4.78 is 5.15. The van der Waals surface area contributed by atoms with Gasteiger partial charge in [0.1, 0.15) is 6.61 Å². The second-order valence-corrected chi connectivity index (χ2v) is 4.33. The third-order valence-corrected chi connectivity index (χ3v) is 2.86. The first-order valence-corrected chi connectivity index (χ1v) is 6.16. The summed E-state index contributed by atoms with van der Waals surface area (Å²) in [7, 11) is 0. The molecule has 0 heterocycles. The maximum absolute atomic E-state index is 11.8. The predicted octanol–water partition coefficient (Wildman–Crippen LogP) is 2.01. The Morgan fingerprint density at radius 1 is 1.00 bits per heavy atom. The largest absolute Gasteiger partial charge is 0.457 e. The summed E-state index contributed by atoms with van der Waals surface area (Å²) in [5.41, 5.74) is 7.15. The molecule has 2 N–H and O–H groups in total. The molecular weight excluding hydrogens is 268 g/mol. The van der Waals surface area contributed by atoms with Crippen LogP contribution in [0.25, 0.3) is 0 Å². The van der Waals surface area contributed by atoms with Gasteiger partial charge in [-0.25, -0.2) is 4.79 Å². The van der Waals surface area contributed by atoms with Gasteiger partial charge in [0.2, 0.25) is 5.91 Å². The Kier molecular flexibility index (Phi) is 4.32. The first kappa shape index (κ1) is 14.3. The molecule has 0 saturated carbocycles. The molecule has 5 heteroatoms. The molecule has 104 valence electrons. The maximum atomic E-state index is 11.8. The van der Waals surface area contributed by atoms with E-state index < -0.39 is 11.9 Å². The van der Waals surface area contributed by atoms with Gasteiger partial charge in [0.25, 0.3) is 0 Å². The number of amides is 1. The van der Waals surface area contributed by atoms with Crippen molar-refractivity contribution >= 4 is 11.9 Å². The average Bonchev–Trinajstić information content (AvgIpc) is 2.53. The van der Waals surface area contributed by atoms with Crippen LogP contribution in [0.2, 0.25) is 0 Å². The zero-order valence-electron chi connectivity index (χ0n) is 11.1. The first-order chi connectivity index (χ1) is 10.1. The SMILES string of the molecule is N#Cc1ccc(C(=O)OCc2ccc(C(N)=O)cc2)cc1. The fraction of sp³-hybridized carbons (Fsp3) is 0.0625. The Hall–Kier alpha value is -3.13. The third-order valence-electron chi connectivity index (χ3n) is 2.86. The molecular formula is C16H12N2O3. The normalized spacial score (nSPS) is 9.67. The minimum absolute atomic E-state index is 0.0951. The molecule has 0 saturated heterocycles. The van der Waals surface area contributed by atoms with Crippen molar-refractivity contribution in [3.8, 4) is 6.07 Å². The molecule has 2 aromatic rings. The van der Waals surface area contributed by atoms with E-state index in [4.69, 9.17) is 15.7 Å². The van der Waals surface area contributed by atoms with Crippen LogP contribution in [0.3, 0.4) is 0 Å². The zero-order valence-corrected chi connectivity index (χ0v) is 11.1. The van der Waals surface area contributed by atoms with Crippen molar-refractivity contribution < 1.29 is 14.3 Å². The van der Waals surface area contributed by atoms with Crippen molar-refractivity contribution in [2.45, 2.75) is 6.61 Å². The minimum atomic E-state index is -0.504. The highest BCUT2D eigenvalue weighted by Crippen LogP contribution is 2.09. The van der Waals surface area contributed by atoms with E-state index in [0.717, 1.165) is 5.56 Å². The maximum Gasteiger partial charge on any atom is 0.338 e. The number of hydrogen-bond donors (Lipinski definition) is 1. The molecule has 0 atom stereocenters. The minimum Gasteiger partial charge on any atom is -0.457 e. The van der Waals surface area contributed by atoms with Gasteiger partial charge in [-0.05, 0) is 42.0 Å². The number of ether oxygens (including phenoxy) is 1. The Bertz CT molecular complexity index is 698. The van der Waals surface area contributed by atoms with Crippen LogP contribution in [-0.4, -0.2) is 11.9 Å². The third kappa shape index (κ3) is 3.67. The number of esters is 1. The van der Waals surface area contributed by atoms with Crippen LogP contribution in [0.15, 0.2) is 48.5 Å². The number of rotatable bonds is 4. The van der Waals surface area contributed by atoms with Crippen molar-refractivity contribution in [2.24, 2.45) is 5.73 Å². The molecule has 0 radical (unpaired) electrons. The van der Waals surface area contributed by atoms with E-state index >= 15 is 0 Å². The Morgan fingerprint density at radius 2 is 1.57 bits per heavy atom. The molecule has 0 bridgehead atoms. The highest BCUT2D eigenvalue weighted by molar-refractivity contribution is 5.92. The van der Waals surface area contributed by atoms with Crippen LogP contribution in [-0.2, 0) is 11.3 Å². The Morgan fingerprint density at radius 3 is 2.10 bits per heavy atom. The van der Waals surface area contributed by atoms with Gasteiger partial charge >= 0.3 is 5.97 Å². The molecule has 0 fully saturated rings. The number of carbonyl (C=O) groups is 2. The van der Waals surface area contributed by atoms with Crippen molar-refractivity contribution in [3.63, 3.8) is 0 Å². The molecule has 2 aromatic carbocycles. The number of carbonyl (C=O) groups excluding carboxylic acids is 2. The number of nitrogens with zero attached hydrogens (tertiary/aromatic N) is 1. The van der Waals surface area contributed by atoms with E-state index in [9.17, 15) is 9.59 Å². The topological polar surface area (TPSA) is 93.2 Å². The van der Waals surface area contributed by atoms with Gasteiger partial charge in [-0.1, -0.05) is 12.1 Å². The lowest BCUT2D eigenvalue weighted by molar-refractivity contribution is 0.0472. The monoisotopic (exact) mass is 280 g/mol. The molecule has 5 nitrogen and oxygen atoms in total.